The van der Waals surface area contributed by atoms with Gasteiger partial charge in [-0.05, 0) is 40.8 Å². The molecule has 11 heteroatoms. The summed E-state index contributed by atoms with van der Waals surface area (Å²) in [5.74, 6) is -1.84. The number of nitrogens with zero attached hydrogens (tertiary/aromatic N) is 1. The summed E-state index contributed by atoms with van der Waals surface area (Å²) in [5, 5.41) is 7.23. The standard InChI is InChI=1S/C13H9IN4O5S/c14-5-1-2-7(8(3-5)24(16,22)23)18-9(19)4-6-10(11(18)15)13(21)17-12(6)20/h1-4H,15H2,(H2,16,22,23)(H,17,20,21). The molecule has 0 fully saturated rings. The van der Waals surface area contributed by atoms with Crippen LogP contribution in [0.5, 0.6) is 0 Å². The first-order valence-corrected chi connectivity index (χ1v) is 8.97. The number of anilines is 1. The fourth-order valence-electron chi connectivity index (χ4n) is 2.43. The van der Waals surface area contributed by atoms with E-state index in [1.54, 1.807) is 6.07 Å². The molecule has 0 spiro atoms. The summed E-state index contributed by atoms with van der Waals surface area (Å²) in [6.07, 6.45) is 0. The maximum Gasteiger partial charge on any atom is 0.262 e. The molecule has 5 N–H and O–H groups in total. The van der Waals surface area contributed by atoms with Crippen molar-refractivity contribution in [1.82, 2.24) is 9.88 Å². The SMILES string of the molecule is Nc1c2c(cc(=O)n1-c1ccc(I)cc1S(N)(=O)=O)C(=O)NC2=O. The van der Waals surface area contributed by atoms with Gasteiger partial charge in [0.25, 0.3) is 17.4 Å². The van der Waals surface area contributed by atoms with Crippen molar-refractivity contribution in [3.05, 3.63) is 49.3 Å². The second kappa shape index (κ2) is 5.39. The normalized spacial score (nSPS) is 13.8. The Morgan fingerprint density at radius 3 is 2.38 bits per heavy atom. The van der Waals surface area contributed by atoms with E-state index >= 15 is 0 Å². The van der Waals surface area contributed by atoms with Crippen LogP contribution in [-0.4, -0.2) is 24.8 Å². The van der Waals surface area contributed by atoms with Gasteiger partial charge < -0.3 is 5.73 Å². The Bertz CT molecular complexity index is 1090. The fraction of sp³-hybridized carbons (Fsp3) is 0. The van der Waals surface area contributed by atoms with Crippen LogP contribution in [-0.2, 0) is 10.0 Å². The molecule has 1 aromatic heterocycles. The number of imide groups is 1. The predicted octanol–water partition coefficient (Wildman–Crippen LogP) is -0.445. The summed E-state index contributed by atoms with van der Waals surface area (Å²) < 4.78 is 25.1. The first kappa shape index (κ1) is 16.6. The minimum Gasteiger partial charge on any atom is -0.384 e. The molecule has 0 saturated carbocycles. The van der Waals surface area contributed by atoms with E-state index in [0.717, 1.165) is 10.6 Å². The monoisotopic (exact) mass is 460 g/mol. The maximum absolute atomic E-state index is 12.4. The molecule has 24 heavy (non-hydrogen) atoms. The molecule has 0 unspecified atom stereocenters. The number of sulfonamides is 1. The topological polar surface area (TPSA) is 154 Å². The lowest BCUT2D eigenvalue weighted by Gasteiger charge is -2.15. The predicted molar refractivity (Wildman–Crippen MR) is 92.3 cm³/mol. The van der Waals surface area contributed by atoms with E-state index in [2.05, 4.69) is 0 Å². The largest absolute Gasteiger partial charge is 0.384 e. The van der Waals surface area contributed by atoms with Crippen LogP contribution >= 0.6 is 22.6 Å². The van der Waals surface area contributed by atoms with Crippen LogP contribution in [0, 0.1) is 3.57 Å². The summed E-state index contributed by atoms with van der Waals surface area (Å²) >= 11 is 1.89. The highest BCUT2D eigenvalue weighted by molar-refractivity contribution is 14.1. The highest BCUT2D eigenvalue weighted by Gasteiger charge is 2.32. The van der Waals surface area contributed by atoms with Gasteiger partial charge in [-0.3, -0.25) is 24.3 Å². The Kier molecular flexibility index (Phi) is 3.73. The van der Waals surface area contributed by atoms with Gasteiger partial charge in [0.1, 0.15) is 10.7 Å². The van der Waals surface area contributed by atoms with Gasteiger partial charge in [-0.2, -0.15) is 0 Å². The zero-order chi connectivity index (χ0) is 17.8. The molecular formula is C13H9IN4O5S. The van der Waals surface area contributed by atoms with Crippen LogP contribution in [0.1, 0.15) is 20.7 Å². The molecule has 0 saturated heterocycles. The van der Waals surface area contributed by atoms with Gasteiger partial charge in [0.2, 0.25) is 10.0 Å². The minimum atomic E-state index is -4.16. The van der Waals surface area contributed by atoms with Crippen molar-refractivity contribution in [3.8, 4) is 5.69 Å². The van der Waals surface area contributed by atoms with Crippen molar-refractivity contribution in [1.29, 1.82) is 0 Å². The molecule has 1 aliphatic heterocycles. The number of benzene rings is 1. The quantitative estimate of drug-likeness (QED) is 0.408. The van der Waals surface area contributed by atoms with E-state index in [1.807, 2.05) is 27.9 Å². The van der Waals surface area contributed by atoms with Gasteiger partial charge in [-0.25, -0.2) is 13.6 Å². The van der Waals surface area contributed by atoms with Crippen molar-refractivity contribution < 1.29 is 18.0 Å². The summed E-state index contributed by atoms with van der Waals surface area (Å²) in [6.45, 7) is 0. The minimum absolute atomic E-state index is 0.102. The van der Waals surface area contributed by atoms with Crippen LogP contribution in [0.25, 0.3) is 5.69 Å². The first-order valence-electron chi connectivity index (χ1n) is 6.35. The number of halogens is 1. The highest BCUT2D eigenvalue weighted by Crippen LogP contribution is 2.26. The van der Waals surface area contributed by atoms with Crippen LogP contribution in [0.4, 0.5) is 5.82 Å². The van der Waals surface area contributed by atoms with Gasteiger partial charge in [0, 0.05) is 9.64 Å². The lowest BCUT2D eigenvalue weighted by atomic mass is 10.1. The van der Waals surface area contributed by atoms with E-state index in [4.69, 9.17) is 10.9 Å². The number of nitrogens with two attached hydrogens (primary N) is 2. The number of primary sulfonamides is 1. The van der Waals surface area contributed by atoms with Crippen LogP contribution < -0.4 is 21.7 Å². The number of fused-ring (bicyclic) bond motifs is 1. The summed E-state index contributed by atoms with van der Waals surface area (Å²) in [5.41, 5.74) is 4.69. The zero-order valence-electron chi connectivity index (χ0n) is 11.7. The summed E-state index contributed by atoms with van der Waals surface area (Å²) in [6, 6.07) is 5.10. The Balaban J connectivity index is 2.43. The van der Waals surface area contributed by atoms with Crippen LogP contribution in [0.3, 0.4) is 0 Å². The lowest BCUT2D eigenvalue weighted by molar-refractivity contribution is 0.0880. The number of amides is 2. The Morgan fingerprint density at radius 1 is 1.08 bits per heavy atom. The lowest BCUT2D eigenvalue weighted by Crippen LogP contribution is -2.26. The molecule has 2 heterocycles. The molecule has 3 rings (SSSR count). The van der Waals surface area contributed by atoms with Gasteiger partial charge in [-0.15, -0.1) is 0 Å². The average Bonchev–Trinajstić information content (AvgIpc) is 2.74. The average molecular weight is 460 g/mol. The number of hydrogen-bond donors (Lipinski definition) is 3. The molecule has 0 radical (unpaired) electrons. The van der Waals surface area contributed by atoms with Crippen molar-refractivity contribution in [2.75, 3.05) is 5.73 Å². The number of pyridine rings is 1. The second-order valence-corrected chi connectivity index (χ2v) is 7.71. The third kappa shape index (κ3) is 2.50. The van der Waals surface area contributed by atoms with Gasteiger partial charge in [0.05, 0.1) is 16.8 Å². The van der Waals surface area contributed by atoms with Crippen molar-refractivity contribution in [2.45, 2.75) is 4.90 Å². The molecule has 124 valence electrons. The van der Waals surface area contributed by atoms with Gasteiger partial charge in [-0.1, -0.05) is 0 Å². The van der Waals surface area contributed by atoms with Crippen LogP contribution in [0.2, 0.25) is 0 Å². The summed E-state index contributed by atoms with van der Waals surface area (Å²) in [4.78, 5) is 35.5. The first-order chi connectivity index (χ1) is 11.1. The number of hydrogen-bond acceptors (Lipinski definition) is 6. The van der Waals surface area contributed by atoms with Crippen molar-refractivity contribution in [2.24, 2.45) is 5.14 Å². The Labute approximate surface area is 148 Å². The number of aromatic nitrogens is 1. The summed E-state index contributed by atoms with van der Waals surface area (Å²) in [7, 11) is -4.16. The molecule has 0 bridgehead atoms. The number of carbonyl (C=O) groups is 2. The maximum atomic E-state index is 12.4. The Hall–Kier alpha value is -2.25. The van der Waals surface area contributed by atoms with Crippen LogP contribution in [0.15, 0.2) is 34.0 Å². The number of nitrogens with one attached hydrogen (secondary N) is 1. The molecule has 9 nitrogen and oxygen atoms in total. The molecule has 0 aliphatic carbocycles. The van der Waals surface area contributed by atoms with Crippen molar-refractivity contribution in [3.63, 3.8) is 0 Å². The second-order valence-electron chi connectivity index (χ2n) is 4.93. The third-order valence-corrected chi connectivity index (χ3v) is 5.03. The molecule has 0 atom stereocenters. The van der Waals surface area contributed by atoms with E-state index in [-0.39, 0.29) is 27.5 Å². The third-order valence-electron chi connectivity index (χ3n) is 3.42. The van der Waals surface area contributed by atoms with Gasteiger partial charge >= 0.3 is 0 Å². The molecular weight excluding hydrogens is 451 g/mol. The Morgan fingerprint density at radius 2 is 1.75 bits per heavy atom. The van der Waals surface area contributed by atoms with Gasteiger partial charge in [0.15, 0.2) is 0 Å². The van der Waals surface area contributed by atoms with E-state index in [1.165, 1.54) is 12.1 Å². The number of nitrogen functional groups attached to an aromatic ring is 1. The zero-order valence-corrected chi connectivity index (χ0v) is 14.7. The molecule has 2 aromatic rings. The van der Waals surface area contributed by atoms with E-state index < -0.39 is 27.4 Å². The highest BCUT2D eigenvalue weighted by atomic mass is 127. The molecule has 1 aliphatic rings. The molecule has 2 amide bonds. The number of carbonyl (C=O) groups excluding carboxylic acids is 2. The fourth-order valence-corrected chi connectivity index (χ4v) is 3.87. The molecule has 1 aromatic carbocycles. The van der Waals surface area contributed by atoms with E-state index in [9.17, 15) is 22.8 Å². The van der Waals surface area contributed by atoms with E-state index in [0.29, 0.717) is 3.57 Å². The number of rotatable bonds is 2. The smallest absolute Gasteiger partial charge is 0.262 e. The van der Waals surface area contributed by atoms with Crippen molar-refractivity contribution >= 4 is 50.2 Å².